The molecule has 0 N–H and O–H groups in total. The van der Waals surface area contributed by atoms with E-state index in [9.17, 15) is 10.1 Å². The predicted molar refractivity (Wildman–Crippen MR) is 176 cm³/mol. The molecule has 5 heterocycles. The molecule has 1 fully saturated rings. The van der Waals surface area contributed by atoms with Gasteiger partial charge in [0.05, 0.1) is 49.9 Å². The highest BCUT2D eigenvalue weighted by atomic mass is 28.4. The van der Waals surface area contributed by atoms with Crippen LogP contribution in [0.1, 0.15) is 49.7 Å². The molecule has 1 amide bonds. The third-order valence-corrected chi connectivity index (χ3v) is 13.3. The Labute approximate surface area is 274 Å². The Balaban J connectivity index is 1.39. The number of amides is 1. The number of hydrogen-bond acceptors (Lipinski definition) is 10. The van der Waals surface area contributed by atoms with E-state index >= 15 is 4.39 Å². The van der Waals surface area contributed by atoms with Crippen LogP contribution < -0.4 is 9.47 Å². The molecule has 4 aromatic heterocycles. The molecule has 1 aliphatic heterocycles. The lowest BCUT2D eigenvalue weighted by molar-refractivity contribution is 0.0253. The minimum absolute atomic E-state index is 0.0326. The summed E-state index contributed by atoms with van der Waals surface area (Å²) in [6.07, 6.45) is 3.85. The van der Waals surface area contributed by atoms with Gasteiger partial charge in [0.2, 0.25) is 0 Å². The van der Waals surface area contributed by atoms with Gasteiger partial charge in [-0.3, -0.25) is 4.79 Å². The number of ether oxygens (including phenoxy) is 3. The van der Waals surface area contributed by atoms with E-state index in [0.29, 0.717) is 67.5 Å². The summed E-state index contributed by atoms with van der Waals surface area (Å²) in [7, 11) is 1.24. The molecule has 1 saturated heterocycles. The van der Waals surface area contributed by atoms with Crippen LogP contribution in [0.5, 0.6) is 11.5 Å². The summed E-state index contributed by atoms with van der Waals surface area (Å²) in [5.41, 5.74) is 1.38. The number of carbonyl (C=O) groups is 1. The number of fused-ring (bicyclic) bond motifs is 1. The van der Waals surface area contributed by atoms with Crippen molar-refractivity contribution >= 4 is 25.3 Å². The summed E-state index contributed by atoms with van der Waals surface area (Å²) in [6.45, 7) is 12.9. The monoisotopic (exact) mass is 661 g/mol. The Morgan fingerprint density at radius 3 is 2.57 bits per heavy atom. The zero-order valence-electron chi connectivity index (χ0n) is 27.8. The Morgan fingerprint density at radius 2 is 1.89 bits per heavy atom. The van der Waals surface area contributed by atoms with Crippen molar-refractivity contribution in [1.29, 1.82) is 5.26 Å². The second kappa shape index (κ2) is 13.8. The molecule has 0 aromatic carbocycles. The van der Waals surface area contributed by atoms with Crippen LogP contribution in [-0.4, -0.2) is 80.7 Å². The van der Waals surface area contributed by atoms with Gasteiger partial charge in [-0.2, -0.15) is 5.26 Å². The first-order chi connectivity index (χ1) is 22.3. The van der Waals surface area contributed by atoms with Crippen LogP contribution in [0.2, 0.25) is 18.1 Å². The number of rotatable bonds is 10. The summed E-state index contributed by atoms with van der Waals surface area (Å²) in [5, 5.41) is 9.88. The summed E-state index contributed by atoms with van der Waals surface area (Å²) < 4.78 is 44.7. The topological polar surface area (TPSA) is 133 Å². The van der Waals surface area contributed by atoms with Crippen molar-refractivity contribution in [1.82, 2.24) is 19.9 Å². The lowest BCUT2D eigenvalue weighted by Gasteiger charge is -2.36. The number of carbonyl (C=O) groups excluding carboxylic acids is 1. The van der Waals surface area contributed by atoms with E-state index in [2.05, 4.69) is 54.9 Å². The van der Waals surface area contributed by atoms with Crippen molar-refractivity contribution < 1.29 is 32.2 Å². The summed E-state index contributed by atoms with van der Waals surface area (Å²) in [6, 6.07) is 8.46. The summed E-state index contributed by atoms with van der Waals surface area (Å²) >= 11 is 0. The number of nitrogens with zero attached hydrogens (tertiary/aromatic N) is 5. The van der Waals surface area contributed by atoms with Crippen LogP contribution >= 0.6 is 0 Å². The van der Waals surface area contributed by atoms with E-state index in [1.54, 1.807) is 36.2 Å². The molecular weight excluding hydrogens is 621 g/mol. The van der Waals surface area contributed by atoms with Gasteiger partial charge >= 0.3 is 0 Å². The van der Waals surface area contributed by atoms with E-state index in [4.69, 9.17) is 23.1 Å². The van der Waals surface area contributed by atoms with Crippen LogP contribution in [0.25, 0.3) is 33.8 Å². The van der Waals surface area contributed by atoms with E-state index in [1.807, 2.05) is 0 Å². The number of likely N-dealkylation sites (N-methyl/N-ethyl adjacent to an activating group) is 1. The number of aromatic nitrogens is 3. The molecule has 0 unspecified atom stereocenters. The van der Waals surface area contributed by atoms with Gasteiger partial charge in [0.15, 0.2) is 36.9 Å². The third-order valence-electron chi connectivity index (χ3n) is 8.77. The van der Waals surface area contributed by atoms with Gasteiger partial charge in [-0.15, -0.1) is 0 Å². The highest BCUT2D eigenvalue weighted by Crippen LogP contribution is 2.38. The summed E-state index contributed by atoms with van der Waals surface area (Å²) in [4.78, 5) is 27.9. The van der Waals surface area contributed by atoms with Crippen molar-refractivity contribution in [3.8, 4) is 40.3 Å². The first-order valence-corrected chi connectivity index (χ1v) is 18.4. The quantitative estimate of drug-likeness (QED) is 0.171. The average Bonchev–Trinajstić information content (AvgIpc) is 3.48. The van der Waals surface area contributed by atoms with Crippen molar-refractivity contribution in [2.24, 2.45) is 0 Å². The van der Waals surface area contributed by atoms with E-state index in [0.717, 1.165) is 6.20 Å². The molecule has 4 aromatic rings. The van der Waals surface area contributed by atoms with E-state index in [1.165, 1.54) is 13.3 Å². The minimum atomic E-state index is -1.94. The molecule has 0 aliphatic carbocycles. The summed E-state index contributed by atoms with van der Waals surface area (Å²) in [5.74, 6) is -0.0326. The molecule has 0 atom stereocenters. The molecular formula is C34H40FN5O6Si. The number of halogens is 1. The Morgan fingerprint density at radius 1 is 1.15 bits per heavy atom. The SMILES string of the molecule is COc1cc(C(=O)N(C)CCO[Si](C)(C)C(C)(C)C)cnc1-c1cc2ncc(F)c(-c3ccc(OC4CCOCC4)c(C#N)n3)c2o1. The minimum Gasteiger partial charge on any atom is -0.494 e. The van der Waals surface area contributed by atoms with Crippen LogP contribution in [0.3, 0.4) is 0 Å². The predicted octanol–water partition coefficient (Wildman–Crippen LogP) is 6.62. The maximum Gasteiger partial charge on any atom is 0.255 e. The first kappa shape index (κ1) is 34.0. The molecule has 0 spiro atoms. The molecule has 0 saturated carbocycles. The Hall–Kier alpha value is -4.38. The van der Waals surface area contributed by atoms with E-state index in [-0.39, 0.29) is 45.3 Å². The number of furan rings is 1. The van der Waals surface area contributed by atoms with Gasteiger partial charge in [-0.05, 0) is 36.3 Å². The van der Waals surface area contributed by atoms with Gasteiger partial charge in [0, 0.05) is 38.7 Å². The second-order valence-electron chi connectivity index (χ2n) is 13.0. The van der Waals surface area contributed by atoms with Gasteiger partial charge in [-0.1, -0.05) is 20.8 Å². The van der Waals surface area contributed by atoms with Crippen molar-refractivity contribution in [2.75, 3.05) is 40.5 Å². The maximum atomic E-state index is 15.3. The van der Waals surface area contributed by atoms with Crippen molar-refractivity contribution in [3.63, 3.8) is 0 Å². The Kier molecular flexibility index (Phi) is 9.95. The second-order valence-corrected chi connectivity index (χ2v) is 17.8. The molecule has 47 heavy (non-hydrogen) atoms. The fraction of sp³-hybridized carbons (Fsp3) is 0.441. The zero-order valence-corrected chi connectivity index (χ0v) is 28.8. The maximum absolute atomic E-state index is 15.3. The Bertz CT molecular complexity index is 1810. The van der Waals surface area contributed by atoms with Crippen molar-refractivity contribution in [3.05, 3.63) is 53.7 Å². The standard InChI is InChI=1S/C34H40FN5O6Si/c1-34(2,3)47(6,7)44-15-12-40(4)33(41)21-16-28(42-5)31(38-19-21)29-17-25-32(46-29)30(23(35)20-37-25)24-8-9-27(26(18-36)39-24)45-22-10-13-43-14-11-22/h8-9,16-17,19-20,22H,10-15H2,1-7H3. The van der Waals surface area contributed by atoms with Crippen LogP contribution in [0.15, 0.2) is 41.1 Å². The van der Waals surface area contributed by atoms with Crippen LogP contribution in [0, 0.1) is 17.1 Å². The smallest absolute Gasteiger partial charge is 0.255 e. The first-order valence-electron chi connectivity index (χ1n) is 15.5. The lowest BCUT2D eigenvalue weighted by atomic mass is 10.1. The molecule has 5 rings (SSSR count). The van der Waals surface area contributed by atoms with Crippen molar-refractivity contribution in [2.45, 2.75) is 57.8 Å². The largest absolute Gasteiger partial charge is 0.494 e. The zero-order chi connectivity index (χ0) is 33.9. The number of pyridine rings is 3. The average molecular weight is 662 g/mol. The fourth-order valence-corrected chi connectivity index (χ4v) is 5.96. The molecule has 248 valence electrons. The van der Waals surface area contributed by atoms with Gasteiger partial charge in [0.25, 0.3) is 5.91 Å². The fourth-order valence-electron chi connectivity index (χ4n) is 4.92. The molecule has 11 nitrogen and oxygen atoms in total. The van der Waals surface area contributed by atoms with E-state index < -0.39 is 14.1 Å². The van der Waals surface area contributed by atoms with Gasteiger partial charge < -0.3 is 28.0 Å². The number of nitriles is 1. The highest BCUT2D eigenvalue weighted by Gasteiger charge is 2.37. The number of hydrogen-bond donors (Lipinski definition) is 0. The lowest BCUT2D eigenvalue weighted by Crippen LogP contribution is -2.43. The van der Waals surface area contributed by atoms with Gasteiger partial charge in [-0.25, -0.2) is 19.3 Å². The van der Waals surface area contributed by atoms with Crippen LogP contribution in [-0.2, 0) is 9.16 Å². The molecule has 0 radical (unpaired) electrons. The molecule has 13 heteroatoms. The normalized spacial score (nSPS) is 14.2. The third kappa shape index (κ3) is 7.30. The number of methoxy groups -OCH3 is 1. The van der Waals surface area contributed by atoms with Crippen LogP contribution in [0.4, 0.5) is 4.39 Å². The molecule has 1 aliphatic rings. The van der Waals surface area contributed by atoms with Gasteiger partial charge in [0.1, 0.15) is 29.1 Å². The molecule has 0 bridgehead atoms. The highest BCUT2D eigenvalue weighted by molar-refractivity contribution is 6.74.